The van der Waals surface area contributed by atoms with Crippen LogP contribution < -0.4 is 10.6 Å². The molecular formula is C25H32N6O4S. The van der Waals surface area contributed by atoms with Gasteiger partial charge in [0.05, 0.1) is 17.9 Å². The zero-order valence-corrected chi connectivity index (χ0v) is 22.0. The lowest BCUT2D eigenvalue weighted by molar-refractivity contribution is 0.0184. The summed E-state index contributed by atoms with van der Waals surface area (Å²) in [7, 11) is 0. The minimum absolute atomic E-state index is 0.133. The van der Waals surface area contributed by atoms with E-state index in [0.29, 0.717) is 40.2 Å². The second-order valence-corrected chi connectivity index (χ2v) is 10.9. The first-order valence-corrected chi connectivity index (χ1v) is 12.7. The van der Waals surface area contributed by atoms with Crippen LogP contribution in [0.4, 0.5) is 21.4 Å². The van der Waals surface area contributed by atoms with Gasteiger partial charge in [0.1, 0.15) is 16.2 Å². The molecule has 1 aliphatic rings. The second-order valence-electron chi connectivity index (χ2n) is 9.89. The molecule has 0 atom stereocenters. The third-order valence-electron chi connectivity index (χ3n) is 5.95. The number of aromatic hydroxyl groups is 1. The number of carbonyl (C=O) groups is 2. The van der Waals surface area contributed by atoms with Gasteiger partial charge in [-0.15, -0.1) is 0 Å². The highest BCUT2D eigenvalue weighted by Crippen LogP contribution is 2.30. The molecule has 1 fully saturated rings. The van der Waals surface area contributed by atoms with Gasteiger partial charge in [-0.1, -0.05) is 17.4 Å². The fourth-order valence-corrected chi connectivity index (χ4v) is 4.72. The first kappa shape index (κ1) is 25.5. The average molecular weight is 513 g/mol. The number of amides is 2. The zero-order chi connectivity index (χ0) is 26.0. The molecular weight excluding hydrogens is 480 g/mol. The third-order valence-corrected chi connectivity index (χ3v) is 6.86. The highest BCUT2D eigenvalue weighted by Gasteiger charge is 2.28. The minimum Gasteiger partial charge on any atom is -0.508 e. The monoisotopic (exact) mass is 512 g/mol. The predicted octanol–water partition coefficient (Wildman–Crippen LogP) is 5.23. The number of rotatable bonds is 5. The molecule has 1 saturated heterocycles. The quantitative estimate of drug-likeness (QED) is 0.428. The molecule has 0 saturated carbocycles. The minimum atomic E-state index is -0.505. The fraction of sp³-hybridized carbons (Fsp3) is 0.440. The maximum atomic E-state index is 12.8. The molecule has 2 aromatic heterocycles. The van der Waals surface area contributed by atoms with Crippen molar-refractivity contribution in [3.63, 3.8) is 0 Å². The number of likely N-dealkylation sites (tertiary alicyclic amines) is 1. The van der Waals surface area contributed by atoms with Crippen molar-refractivity contribution in [2.75, 3.05) is 23.7 Å². The van der Waals surface area contributed by atoms with Crippen molar-refractivity contribution in [2.24, 2.45) is 0 Å². The molecule has 1 aromatic carbocycles. The van der Waals surface area contributed by atoms with Crippen molar-refractivity contribution in [1.82, 2.24) is 19.7 Å². The number of thiazole rings is 1. The standard InChI is InChI=1S/C25H32N6O4S/c1-15-6-7-18(32)16(2)21(15)28-22(33)19-14-26-23(36-19)27-20-10-13-31(29-20)17-8-11-30(12-9-17)24(34)35-25(3,4)5/h6-7,10,13-14,17,32H,8-9,11-12H2,1-5H3,(H,28,33)(H,26,27,29). The summed E-state index contributed by atoms with van der Waals surface area (Å²) >= 11 is 1.22. The van der Waals surface area contributed by atoms with Crippen LogP contribution in [-0.2, 0) is 4.74 Å². The van der Waals surface area contributed by atoms with E-state index >= 15 is 0 Å². The molecule has 3 heterocycles. The van der Waals surface area contributed by atoms with Crippen molar-refractivity contribution in [1.29, 1.82) is 0 Å². The lowest BCUT2D eigenvalue weighted by Crippen LogP contribution is -2.42. The molecule has 0 spiro atoms. The zero-order valence-electron chi connectivity index (χ0n) is 21.2. The van der Waals surface area contributed by atoms with Crippen molar-refractivity contribution in [2.45, 2.75) is 59.1 Å². The molecule has 0 bridgehead atoms. The highest BCUT2D eigenvalue weighted by molar-refractivity contribution is 7.17. The third kappa shape index (κ3) is 5.96. The molecule has 0 unspecified atom stereocenters. The largest absolute Gasteiger partial charge is 0.508 e. The number of benzene rings is 1. The fourth-order valence-electron chi connectivity index (χ4n) is 4.00. The molecule has 0 aliphatic carbocycles. The average Bonchev–Trinajstić information content (AvgIpc) is 3.48. The van der Waals surface area contributed by atoms with Gasteiger partial charge in [-0.3, -0.25) is 9.48 Å². The summed E-state index contributed by atoms with van der Waals surface area (Å²) in [6.45, 7) is 10.5. The van der Waals surface area contributed by atoms with Crippen LogP contribution in [0.5, 0.6) is 5.75 Å². The molecule has 4 rings (SSSR count). The summed E-state index contributed by atoms with van der Waals surface area (Å²) < 4.78 is 7.37. The van der Waals surface area contributed by atoms with Gasteiger partial charge < -0.3 is 25.4 Å². The number of hydrogen-bond donors (Lipinski definition) is 3. The SMILES string of the molecule is Cc1ccc(O)c(C)c1NC(=O)c1cnc(Nc2ccn(C3CCN(C(=O)OC(C)(C)C)CC3)n2)s1. The van der Waals surface area contributed by atoms with Gasteiger partial charge in [0.15, 0.2) is 10.9 Å². The number of aryl methyl sites for hydroxylation is 1. The van der Waals surface area contributed by atoms with Crippen molar-refractivity contribution < 1.29 is 19.4 Å². The first-order chi connectivity index (χ1) is 17.0. The number of phenols is 1. The van der Waals surface area contributed by atoms with Crippen LogP contribution in [0.2, 0.25) is 0 Å². The number of hydrogen-bond acceptors (Lipinski definition) is 8. The molecule has 10 nitrogen and oxygen atoms in total. The molecule has 11 heteroatoms. The molecule has 1 aliphatic heterocycles. The van der Waals surface area contributed by atoms with E-state index in [4.69, 9.17) is 4.74 Å². The molecule has 36 heavy (non-hydrogen) atoms. The number of nitrogens with one attached hydrogen (secondary N) is 2. The van der Waals surface area contributed by atoms with Crippen molar-refractivity contribution in [3.05, 3.63) is 46.6 Å². The summed E-state index contributed by atoms with van der Waals surface area (Å²) in [6, 6.07) is 5.42. The number of anilines is 3. The summed E-state index contributed by atoms with van der Waals surface area (Å²) in [5.41, 5.74) is 1.58. The Kier molecular flexibility index (Phi) is 7.21. The van der Waals surface area contributed by atoms with Gasteiger partial charge in [0.25, 0.3) is 5.91 Å². The topological polar surface area (TPSA) is 122 Å². The molecule has 3 aromatic rings. The molecule has 0 radical (unpaired) electrons. The van der Waals surface area contributed by atoms with Gasteiger partial charge >= 0.3 is 6.09 Å². The van der Waals surface area contributed by atoms with Gasteiger partial charge in [0, 0.05) is 30.9 Å². The van der Waals surface area contributed by atoms with Crippen LogP contribution in [0.1, 0.15) is 60.5 Å². The maximum absolute atomic E-state index is 12.8. The lowest BCUT2D eigenvalue weighted by atomic mass is 10.1. The van der Waals surface area contributed by atoms with Crippen LogP contribution in [0.25, 0.3) is 0 Å². The van der Waals surface area contributed by atoms with E-state index in [-0.39, 0.29) is 23.8 Å². The first-order valence-electron chi connectivity index (χ1n) is 11.9. The Hall–Kier alpha value is -3.60. The highest BCUT2D eigenvalue weighted by atomic mass is 32.1. The van der Waals surface area contributed by atoms with E-state index in [1.165, 1.54) is 17.5 Å². The Morgan fingerprint density at radius 3 is 2.58 bits per heavy atom. The Balaban J connectivity index is 1.33. The number of nitrogens with zero attached hydrogens (tertiary/aromatic N) is 4. The molecule has 192 valence electrons. The summed E-state index contributed by atoms with van der Waals surface area (Å²) in [6.07, 6.45) is 4.72. The maximum Gasteiger partial charge on any atom is 0.410 e. The smallest absolute Gasteiger partial charge is 0.410 e. The van der Waals surface area contributed by atoms with Crippen molar-refractivity contribution >= 4 is 40.0 Å². The summed E-state index contributed by atoms with van der Waals surface area (Å²) in [5, 5.41) is 21.1. The van der Waals surface area contributed by atoms with Crippen LogP contribution in [-0.4, -0.2) is 55.5 Å². The van der Waals surface area contributed by atoms with E-state index in [1.807, 2.05) is 44.6 Å². The Labute approximate surface area is 214 Å². The Morgan fingerprint density at radius 1 is 1.17 bits per heavy atom. The van der Waals surface area contributed by atoms with E-state index in [2.05, 4.69) is 20.7 Å². The second kappa shape index (κ2) is 10.2. The normalized spacial score (nSPS) is 14.5. The van der Waals surface area contributed by atoms with Crippen LogP contribution >= 0.6 is 11.3 Å². The molecule has 2 amide bonds. The van der Waals surface area contributed by atoms with Gasteiger partial charge in [0.2, 0.25) is 0 Å². The predicted molar refractivity (Wildman–Crippen MR) is 139 cm³/mol. The Morgan fingerprint density at radius 2 is 1.89 bits per heavy atom. The Bertz CT molecular complexity index is 1250. The number of aromatic nitrogens is 3. The lowest BCUT2D eigenvalue weighted by Gasteiger charge is -2.33. The van der Waals surface area contributed by atoms with E-state index < -0.39 is 5.60 Å². The van der Waals surface area contributed by atoms with Crippen LogP contribution in [0.15, 0.2) is 30.6 Å². The van der Waals surface area contributed by atoms with E-state index in [9.17, 15) is 14.7 Å². The number of carbonyl (C=O) groups excluding carboxylic acids is 2. The van der Waals surface area contributed by atoms with E-state index in [1.54, 1.807) is 24.0 Å². The summed E-state index contributed by atoms with van der Waals surface area (Å²) in [5.74, 6) is 0.471. The summed E-state index contributed by atoms with van der Waals surface area (Å²) in [4.78, 5) is 31.5. The van der Waals surface area contributed by atoms with Crippen molar-refractivity contribution in [3.8, 4) is 5.75 Å². The van der Waals surface area contributed by atoms with Crippen LogP contribution in [0.3, 0.4) is 0 Å². The number of piperidine rings is 1. The van der Waals surface area contributed by atoms with Gasteiger partial charge in [-0.05, 0) is 59.1 Å². The van der Waals surface area contributed by atoms with Crippen LogP contribution in [0, 0.1) is 13.8 Å². The van der Waals surface area contributed by atoms with E-state index in [0.717, 1.165) is 18.4 Å². The van der Waals surface area contributed by atoms with Gasteiger partial charge in [-0.2, -0.15) is 5.10 Å². The number of phenolic OH excluding ortho intramolecular Hbond substituents is 1. The molecule has 3 N–H and O–H groups in total. The number of ether oxygens (including phenoxy) is 1. The van der Waals surface area contributed by atoms with Gasteiger partial charge in [-0.25, -0.2) is 9.78 Å².